The van der Waals surface area contributed by atoms with Crippen molar-refractivity contribution in [2.75, 3.05) is 0 Å². The van der Waals surface area contributed by atoms with Gasteiger partial charge >= 0.3 is 0 Å². The normalized spacial score (nSPS) is 11.8. The molecule has 0 spiro atoms. The van der Waals surface area contributed by atoms with Gasteiger partial charge in [-0.1, -0.05) is 145 Å². The third-order valence-electron chi connectivity index (χ3n) is 9.15. The third kappa shape index (κ3) is 3.66. The molecule has 0 N–H and O–H groups in total. The van der Waals surface area contributed by atoms with Crippen molar-refractivity contribution in [3.8, 4) is 33.4 Å². The van der Waals surface area contributed by atoms with Crippen LogP contribution >= 0.6 is 0 Å². The van der Waals surface area contributed by atoms with E-state index in [2.05, 4.69) is 159 Å². The monoisotopic (exact) mass is 560 g/mol. The van der Waals surface area contributed by atoms with Gasteiger partial charge in [0.2, 0.25) is 0 Å². The first-order valence-corrected chi connectivity index (χ1v) is 15.2. The lowest BCUT2D eigenvalue weighted by Crippen LogP contribution is -1.92. The predicted octanol–water partition coefficient (Wildman–Crippen LogP) is 12.4. The Morgan fingerprint density at radius 1 is 0.386 bits per heavy atom. The largest absolute Gasteiger partial charge is 0.455 e. The third-order valence-corrected chi connectivity index (χ3v) is 9.15. The molecule has 1 heteroatoms. The molecule has 0 aliphatic rings. The fourth-order valence-electron chi connectivity index (χ4n) is 7.15. The van der Waals surface area contributed by atoms with Crippen LogP contribution in [0.25, 0.3) is 87.6 Å². The van der Waals surface area contributed by atoms with Crippen LogP contribution in [-0.4, -0.2) is 0 Å². The molecule has 1 heterocycles. The topological polar surface area (TPSA) is 13.1 Å². The highest BCUT2D eigenvalue weighted by Gasteiger charge is 2.22. The maximum Gasteiger partial charge on any atom is 0.143 e. The number of hydrogen-bond donors (Lipinski definition) is 0. The van der Waals surface area contributed by atoms with Gasteiger partial charge in [0, 0.05) is 16.3 Å². The van der Waals surface area contributed by atoms with Gasteiger partial charge in [-0.25, -0.2) is 0 Å². The number of para-hydroxylation sites is 1. The number of hydrogen-bond acceptors (Lipinski definition) is 1. The molecule has 0 saturated carbocycles. The Morgan fingerprint density at radius 2 is 0.909 bits per heavy atom. The Bertz CT molecular complexity index is 2490. The summed E-state index contributed by atoms with van der Waals surface area (Å²) < 4.78 is 6.70. The van der Waals surface area contributed by atoms with Crippen LogP contribution in [0.1, 0.15) is 5.56 Å². The molecule has 0 unspecified atom stereocenters. The average Bonchev–Trinajstić information content (AvgIpc) is 3.47. The second-order valence-electron chi connectivity index (χ2n) is 11.7. The van der Waals surface area contributed by atoms with Crippen molar-refractivity contribution in [1.82, 2.24) is 0 Å². The van der Waals surface area contributed by atoms with Crippen LogP contribution in [0.3, 0.4) is 0 Å². The van der Waals surface area contributed by atoms with E-state index in [4.69, 9.17) is 4.42 Å². The van der Waals surface area contributed by atoms with E-state index in [0.29, 0.717) is 0 Å². The van der Waals surface area contributed by atoms with Crippen LogP contribution < -0.4 is 0 Å². The molecule has 0 radical (unpaired) electrons. The molecule has 8 aromatic carbocycles. The quantitative estimate of drug-likeness (QED) is 0.196. The summed E-state index contributed by atoms with van der Waals surface area (Å²) in [6, 6.07) is 54.9. The molecule has 9 rings (SSSR count). The molecule has 1 nitrogen and oxygen atoms in total. The summed E-state index contributed by atoms with van der Waals surface area (Å²) in [6.07, 6.45) is 0. The Hall–Kier alpha value is -5.66. The summed E-state index contributed by atoms with van der Waals surface area (Å²) in [5.41, 5.74) is 10.3. The molecule has 1 aromatic heterocycles. The lowest BCUT2D eigenvalue weighted by Gasteiger charge is -2.19. The molecule has 0 atom stereocenters. The van der Waals surface area contributed by atoms with Gasteiger partial charge in [-0.2, -0.15) is 0 Å². The summed E-state index contributed by atoms with van der Waals surface area (Å²) in [5.74, 6) is 0. The highest BCUT2D eigenvalue weighted by molar-refractivity contribution is 6.27. The van der Waals surface area contributed by atoms with Gasteiger partial charge in [-0.15, -0.1) is 0 Å². The number of aryl methyl sites for hydroxylation is 1. The lowest BCUT2D eigenvalue weighted by molar-refractivity contribution is 0.670. The van der Waals surface area contributed by atoms with Crippen LogP contribution in [0.2, 0.25) is 0 Å². The van der Waals surface area contributed by atoms with Crippen LogP contribution in [0.5, 0.6) is 0 Å². The predicted molar refractivity (Wildman–Crippen MR) is 187 cm³/mol. The summed E-state index contributed by atoms with van der Waals surface area (Å²) in [6.45, 7) is 2.13. The minimum absolute atomic E-state index is 0.907. The molecule has 206 valence electrons. The van der Waals surface area contributed by atoms with Crippen LogP contribution in [-0.2, 0) is 0 Å². The molecule has 0 saturated heterocycles. The van der Waals surface area contributed by atoms with Crippen LogP contribution in [0.15, 0.2) is 156 Å². The Labute approximate surface area is 255 Å². The zero-order valence-electron chi connectivity index (χ0n) is 24.3. The first kappa shape index (κ1) is 24.9. The minimum atomic E-state index is 0.907. The van der Waals surface area contributed by atoms with Gasteiger partial charge < -0.3 is 4.42 Å². The maximum atomic E-state index is 6.70. The van der Waals surface area contributed by atoms with E-state index in [0.717, 1.165) is 33.1 Å². The lowest BCUT2D eigenvalue weighted by atomic mass is 9.83. The van der Waals surface area contributed by atoms with Gasteiger partial charge in [0.25, 0.3) is 0 Å². The Kier molecular flexibility index (Phi) is 5.48. The van der Waals surface area contributed by atoms with E-state index in [1.54, 1.807) is 0 Å². The molecule has 0 amide bonds. The van der Waals surface area contributed by atoms with Gasteiger partial charge in [0.1, 0.15) is 11.2 Å². The van der Waals surface area contributed by atoms with E-state index in [9.17, 15) is 0 Å². The maximum absolute atomic E-state index is 6.70. The van der Waals surface area contributed by atoms with E-state index in [1.807, 2.05) is 0 Å². The van der Waals surface area contributed by atoms with E-state index >= 15 is 0 Å². The van der Waals surface area contributed by atoms with Gasteiger partial charge in [0.15, 0.2) is 0 Å². The zero-order chi connectivity index (χ0) is 29.2. The van der Waals surface area contributed by atoms with Gasteiger partial charge in [-0.3, -0.25) is 0 Å². The fraction of sp³-hybridized carbons (Fsp3) is 0.0233. The van der Waals surface area contributed by atoms with E-state index in [1.165, 1.54) is 60.1 Å². The standard InChI is InChI=1S/C43H28O/c1-27-21-23-29(24-22-27)31-25-26-38(42-37-18-8-9-20-39(37)44-43(31)42)41-35-16-6-4-14-33(35)40(34-15-5-7-17-36(34)41)32-19-10-12-28-11-2-3-13-30(28)32/h2-26H,1H3. The summed E-state index contributed by atoms with van der Waals surface area (Å²) >= 11 is 0. The number of rotatable bonds is 3. The van der Waals surface area contributed by atoms with Crippen molar-refractivity contribution in [2.24, 2.45) is 0 Å². The van der Waals surface area contributed by atoms with Crippen molar-refractivity contribution < 1.29 is 4.42 Å². The second kappa shape index (κ2) is 9.69. The number of furan rings is 1. The highest BCUT2D eigenvalue weighted by atomic mass is 16.3. The zero-order valence-corrected chi connectivity index (χ0v) is 24.3. The summed E-state index contributed by atoms with van der Waals surface area (Å²) in [4.78, 5) is 0. The van der Waals surface area contributed by atoms with Crippen molar-refractivity contribution in [1.29, 1.82) is 0 Å². The van der Waals surface area contributed by atoms with Crippen molar-refractivity contribution >= 4 is 54.3 Å². The summed E-state index contributed by atoms with van der Waals surface area (Å²) in [7, 11) is 0. The fourth-order valence-corrected chi connectivity index (χ4v) is 7.15. The average molecular weight is 561 g/mol. The minimum Gasteiger partial charge on any atom is -0.455 e. The molecular weight excluding hydrogens is 532 g/mol. The Morgan fingerprint density at radius 3 is 1.59 bits per heavy atom. The first-order valence-electron chi connectivity index (χ1n) is 15.2. The van der Waals surface area contributed by atoms with E-state index < -0.39 is 0 Å². The molecule has 9 aromatic rings. The SMILES string of the molecule is Cc1ccc(-c2ccc(-c3c4ccccc4c(-c4cccc5ccccc45)c4ccccc34)c3c2oc2ccccc23)cc1. The first-order chi connectivity index (χ1) is 21.8. The molecular formula is C43H28O. The number of fused-ring (bicyclic) bond motifs is 6. The van der Waals surface area contributed by atoms with Crippen LogP contribution in [0.4, 0.5) is 0 Å². The van der Waals surface area contributed by atoms with Crippen molar-refractivity contribution in [3.05, 3.63) is 157 Å². The molecule has 0 fully saturated rings. The number of benzene rings is 8. The molecule has 0 bridgehead atoms. The molecule has 44 heavy (non-hydrogen) atoms. The van der Waals surface area contributed by atoms with Crippen molar-refractivity contribution in [2.45, 2.75) is 6.92 Å². The van der Waals surface area contributed by atoms with Crippen molar-refractivity contribution in [3.63, 3.8) is 0 Å². The van der Waals surface area contributed by atoms with Gasteiger partial charge in [0.05, 0.1) is 0 Å². The van der Waals surface area contributed by atoms with E-state index in [-0.39, 0.29) is 0 Å². The second-order valence-corrected chi connectivity index (χ2v) is 11.7. The van der Waals surface area contributed by atoms with Crippen LogP contribution in [0, 0.1) is 6.92 Å². The molecule has 0 aliphatic heterocycles. The molecule has 0 aliphatic carbocycles. The van der Waals surface area contributed by atoms with Gasteiger partial charge in [-0.05, 0) is 79.2 Å². The smallest absolute Gasteiger partial charge is 0.143 e. The summed E-state index contributed by atoms with van der Waals surface area (Å²) in [5, 5.41) is 9.80. The Balaban J connectivity index is 1.44. The highest BCUT2D eigenvalue weighted by Crippen LogP contribution is 2.49.